The molecule has 10 nitrogen and oxygen atoms in total. The molecule has 0 amide bonds. The summed E-state index contributed by atoms with van der Waals surface area (Å²) in [5.74, 6) is 1.84. The minimum Gasteiger partial charge on any atom is -0.454 e. The molecule has 0 spiro atoms. The van der Waals surface area contributed by atoms with Gasteiger partial charge in [-0.15, -0.1) is 5.10 Å². The van der Waals surface area contributed by atoms with Gasteiger partial charge in [0.25, 0.3) is 5.56 Å². The summed E-state index contributed by atoms with van der Waals surface area (Å²) in [4.78, 5) is 23.4. The molecular formula is C29H29N7O3. The number of rotatable bonds is 7. The van der Waals surface area contributed by atoms with Crippen LogP contribution in [0.15, 0.2) is 77.9 Å². The van der Waals surface area contributed by atoms with Crippen LogP contribution in [0.4, 0.5) is 0 Å². The quantitative estimate of drug-likeness (QED) is 0.338. The monoisotopic (exact) mass is 523 g/mol. The number of pyridine rings is 2. The number of hydrogen-bond donors (Lipinski definition) is 1. The molecule has 0 aliphatic carbocycles. The van der Waals surface area contributed by atoms with E-state index in [1.807, 2.05) is 69.4 Å². The van der Waals surface area contributed by atoms with Gasteiger partial charge in [0, 0.05) is 42.5 Å². The van der Waals surface area contributed by atoms with Crippen LogP contribution in [0.5, 0.6) is 11.5 Å². The number of hydrogen-bond acceptors (Lipinski definition) is 8. The number of tetrazole rings is 1. The summed E-state index contributed by atoms with van der Waals surface area (Å²) < 4.78 is 12.9. The first-order valence-corrected chi connectivity index (χ1v) is 12.8. The van der Waals surface area contributed by atoms with E-state index in [9.17, 15) is 4.79 Å². The number of nitrogens with zero attached hydrogens (tertiary/aromatic N) is 6. The van der Waals surface area contributed by atoms with Crippen molar-refractivity contribution in [1.29, 1.82) is 0 Å². The second-order valence-corrected chi connectivity index (χ2v) is 10.6. The van der Waals surface area contributed by atoms with Crippen molar-refractivity contribution in [3.05, 3.63) is 106 Å². The zero-order chi connectivity index (χ0) is 27.0. The lowest BCUT2D eigenvalue weighted by atomic mass is 10.00. The van der Waals surface area contributed by atoms with Crippen molar-refractivity contribution in [2.24, 2.45) is 0 Å². The Morgan fingerprint density at radius 1 is 1.00 bits per heavy atom. The van der Waals surface area contributed by atoms with Crippen molar-refractivity contribution < 1.29 is 9.47 Å². The lowest BCUT2D eigenvalue weighted by Gasteiger charge is -2.33. The number of aromatic nitrogens is 6. The number of fused-ring (bicyclic) bond motifs is 2. The van der Waals surface area contributed by atoms with Crippen molar-refractivity contribution in [2.75, 3.05) is 6.79 Å². The molecule has 1 atom stereocenters. The van der Waals surface area contributed by atoms with Crippen molar-refractivity contribution >= 4 is 10.9 Å². The van der Waals surface area contributed by atoms with Crippen molar-refractivity contribution in [2.45, 2.75) is 45.4 Å². The molecule has 1 aliphatic heterocycles. The zero-order valence-corrected chi connectivity index (χ0v) is 22.0. The van der Waals surface area contributed by atoms with Gasteiger partial charge in [-0.05, 0) is 60.5 Å². The van der Waals surface area contributed by atoms with Crippen molar-refractivity contribution in [3.8, 4) is 11.5 Å². The Kier molecular flexibility index (Phi) is 6.32. The second kappa shape index (κ2) is 9.95. The van der Waals surface area contributed by atoms with E-state index >= 15 is 0 Å². The van der Waals surface area contributed by atoms with Crippen LogP contribution in [0.25, 0.3) is 10.9 Å². The first kappa shape index (κ1) is 24.7. The van der Waals surface area contributed by atoms with Crippen LogP contribution in [0.3, 0.4) is 0 Å². The summed E-state index contributed by atoms with van der Waals surface area (Å²) in [6, 6.07) is 19.1. The molecule has 1 aliphatic rings. The maximum absolute atomic E-state index is 13.8. The third-order valence-electron chi connectivity index (χ3n) is 6.74. The molecule has 1 N–H and O–H groups in total. The average Bonchev–Trinajstić information content (AvgIpc) is 3.59. The molecule has 10 heteroatoms. The molecule has 0 radical (unpaired) electrons. The van der Waals surface area contributed by atoms with Gasteiger partial charge in [-0.1, -0.05) is 36.4 Å². The van der Waals surface area contributed by atoms with Gasteiger partial charge in [0.2, 0.25) is 6.79 Å². The number of aromatic amines is 1. The third kappa shape index (κ3) is 4.98. The molecule has 6 rings (SSSR count). The fraction of sp³-hybridized carbons (Fsp3) is 0.276. The number of nitrogens with one attached hydrogen (secondary N) is 1. The molecule has 0 bridgehead atoms. The molecular weight excluding hydrogens is 494 g/mol. The zero-order valence-electron chi connectivity index (χ0n) is 22.0. The Labute approximate surface area is 225 Å². The van der Waals surface area contributed by atoms with Gasteiger partial charge in [0.05, 0.1) is 11.1 Å². The molecule has 39 heavy (non-hydrogen) atoms. The van der Waals surface area contributed by atoms with Crippen molar-refractivity contribution in [3.63, 3.8) is 0 Å². The Balaban J connectivity index is 1.56. The van der Waals surface area contributed by atoms with E-state index in [1.54, 1.807) is 16.9 Å². The summed E-state index contributed by atoms with van der Waals surface area (Å²) in [5, 5.41) is 13.7. The smallest absolute Gasteiger partial charge is 0.253 e. The predicted molar refractivity (Wildman–Crippen MR) is 145 cm³/mol. The van der Waals surface area contributed by atoms with E-state index in [4.69, 9.17) is 9.47 Å². The molecule has 1 unspecified atom stereocenters. The number of H-pyrrole nitrogens is 1. The summed E-state index contributed by atoms with van der Waals surface area (Å²) >= 11 is 0. The average molecular weight is 524 g/mol. The molecule has 3 aromatic heterocycles. The molecule has 4 heterocycles. The van der Waals surface area contributed by atoms with Crippen LogP contribution >= 0.6 is 0 Å². The van der Waals surface area contributed by atoms with Crippen LogP contribution < -0.4 is 15.0 Å². The minimum absolute atomic E-state index is 0.154. The van der Waals surface area contributed by atoms with Crippen LogP contribution in [-0.4, -0.2) is 41.9 Å². The third-order valence-corrected chi connectivity index (χ3v) is 6.74. The largest absolute Gasteiger partial charge is 0.454 e. The molecule has 2 aromatic carbocycles. The van der Waals surface area contributed by atoms with Gasteiger partial charge < -0.3 is 14.5 Å². The summed E-state index contributed by atoms with van der Waals surface area (Å²) in [7, 11) is 0. The van der Waals surface area contributed by atoms with E-state index in [2.05, 4.69) is 42.5 Å². The standard InChI is InChI=1S/C29H29N7O3/c1-29(2,3)36-27(32-33-34-36)26(22-12-21-13-24-25(39-18-38-24)14-23(21)31-28(22)37)35(16-19-8-5-4-6-9-19)17-20-10-7-11-30-15-20/h4-15,26H,16-18H2,1-3H3,(H,31,37). The van der Waals surface area contributed by atoms with Crippen LogP contribution in [0, 0.1) is 0 Å². The Morgan fingerprint density at radius 3 is 2.49 bits per heavy atom. The van der Waals surface area contributed by atoms with Crippen molar-refractivity contribution in [1.82, 2.24) is 35.1 Å². The van der Waals surface area contributed by atoms with Gasteiger partial charge in [0.1, 0.15) is 6.04 Å². The summed E-state index contributed by atoms with van der Waals surface area (Å²) in [6.07, 6.45) is 3.59. The van der Waals surface area contributed by atoms with E-state index in [0.29, 0.717) is 41.5 Å². The molecule has 198 valence electrons. The molecule has 5 aromatic rings. The molecule has 0 saturated heterocycles. The first-order chi connectivity index (χ1) is 18.9. The Morgan fingerprint density at radius 2 is 1.74 bits per heavy atom. The number of benzene rings is 2. The van der Waals surface area contributed by atoms with Gasteiger partial charge in [0.15, 0.2) is 17.3 Å². The van der Waals surface area contributed by atoms with Gasteiger partial charge in [-0.25, -0.2) is 4.68 Å². The highest BCUT2D eigenvalue weighted by Gasteiger charge is 2.34. The van der Waals surface area contributed by atoms with E-state index in [1.165, 1.54) is 0 Å². The lowest BCUT2D eigenvalue weighted by molar-refractivity contribution is 0.174. The van der Waals surface area contributed by atoms with Gasteiger partial charge in [-0.2, -0.15) is 0 Å². The second-order valence-electron chi connectivity index (χ2n) is 10.6. The summed E-state index contributed by atoms with van der Waals surface area (Å²) in [6.45, 7) is 7.34. The number of ether oxygens (including phenoxy) is 2. The fourth-order valence-corrected chi connectivity index (χ4v) is 4.94. The highest BCUT2D eigenvalue weighted by Crippen LogP contribution is 2.37. The maximum Gasteiger partial charge on any atom is 0.253 e. The highest BCUT2D eigenvalue weighted by atomic mass is 16.7. The van der Waals surface area contributed by atoms with E-state index in [0.717, 1.165) is 16.5 Å². The Hall–Kier alpha value is -4.57. The van der Waals surface area contributed by atoms with Crippen LogP contribution in [0.1, 0.15) is 49.3 Å². The van der Waals surface area contributed by atoms with E-state index in [-0.39, 0.29) is 12.4 Å². The fourth-order valence-electron chi connectivity index (χ4n) is 4.94. The van der Waals surface area contributed by atoms with E-state index < -0.39 is 11.6 Å². The predicted octanol–water partition coefficient (Wildman–Crippen LogP) is 4.19. The lowest BCUT2D eigenvalue weighted by Crippen LogP contribution is -2.37. The summed E-state index contributed by atoms with van der Waals surface area (Å²) in [5.41, 5.74) is 2.67. The van der Waals surface area contributed by atoms with Gasteiger partial charge in [-0.3, -0.25) is 14.7 Å². The SMILES string of the molecule is CC(C)(C)n1nnnc1C(c1cc2cc3c(cc2[nH]c1=O)OCO3)N(Cc1ccccc1)Cc1cccnc1. The van der Waals surface area contributed by atoms with Gasteiger partial charge >= 0.3 is 0 Å². The van der Waals surface area contributed by atoms with Crippen LogP contribution in [0.2, 0.25) is 0 Å². The maximum atomic E-state index is 13.8. The normalized spacial score (nSPS) is 13.7. The molecule has 0 fully saturated rings. The molecule has 0 saturated carbocycles. The first-order valence-electron chi connectivity index (χ1n) is 12.8. The topological polar surface area (TPSA) is 111 Å². The Bertz CT molecular complexity index is 1620. The highest BCUT2D eigenvalue weighted by molar-refractivity contribution is 5.83. The minimum atomic E-state index is -0.571. The van der Waals surface area contributed by atoms with Crippen LogP contribution in [-0.2, 0) is 18.6 Å².